The zero-order chi connectivity index (χ0) is 16.1. The lowest BCUT2D eigenvalue weighted by Gasteiger charge is -2.10. The lowest BCUT2D eigenvalue weighted by molar-refractivity contribution is 0.102. The third-order valence-corrected chi connectivity index (χ3v) is 3.51. The molecule has 7 heteroatoms. The van der Waals surface area contributed by atoms with Crippen LogP contribution in [0, 0.1) is 5.82 Å². The molecule has 1 aliphatic heterocycles. The van der Waals surface area contributed by atoms with E-state index < -0.39 is 11.7 Å². The maximum atomic E-state index is 13.1. The van der Waals surface area contributed by atoms with Crippen LogP contribution in [0.5, 0.6) is 0 Å². The lowest BCUT2D eigenvalue weighted by atomic mass is 10.2. The van der Waals surface area contributed by atoms with Crippen molar-refractivity contribution in [3.63, 3.8) is 0 Å². The van der Waals surface area contributed by atoms with Gasteiger partial charge in [0.15, 0.2) is 5.69 Å². The van der Waals surface area contributed by atoms with Crippen LogP contribution in [-0.4, -0.2) is 35.4 Å². The minimum atomic E-state index is -0.436. The van der Waals surface area contributed by atoms with E-state index in [1.807, 2.05) is 0 Å². The van der Waals surface area contributed by atoms with Gasteiger partial charge < -0.3 is 15.4 Å². The van der Waals surface area contributed by atoms with Crippen LogP contribution in [0.3, 0.4) is 0 Å². The largest absolute Gasteiger partial charge is 0.376 e. The third-order valence-electron chi connectivity index (χ3n) is 3.51. The van der Waals surface area contributed by atoms with Gasteiger partial charge in [-0.3, -0.25) is 4.79 Å². The first-order chi connectivity index (χ1) is 11.2. The second-order valence-electron chi connectivity index (χ2n) is 5.28. The first-order valence-electron chi connectivity index (χ1n) is 7.47. The molecule has 0 radical (unpaired) electrons. The predicted octanol–water partition coefficient (Wildman–Crippen LogP) is 2.46. The number of aromatic nitrogens is 2. The van der Waals surface area contributed by atoms with E-state index in [-0.39, 0.29) is 11.8 Å². The van der Waals surface area contributed by atoms with Gasteiger partial charge in [-0.05, 0) is 43.2 Å². The van der Waals surface area contributed by atoms with Crippen LogP contribution in [-0.2, 0) is 4.74 Å². The van der Waals surface area contributed by atoms with Gasteiger partial charge in [-0.25, -0.2) is 4.39 Å². The van der Waals surface area contributed by atoms with E-state index in [1.54, 1.807) is 18.2 Å². The van der Waals surface area contributed by atoms with E-state index in [2.05, 4.69) is 20.8 Å². The summed E-state index contributed by atoms with van der Waals surface area (Å²) in [5.74, 6) is -0.265. The number of amides is 1. The maximum absolute atomic E-state index is 13.1. The summed E-state index contributed by atoms with van der Waals surface area (Å²) in [4.78, 5) is 12.0. The molecule has 0 saturated carbocycles. The van der Waals surface area contributed by atoms with Crippen molar-refractivity contribution in [2.45, 2.75) is 18.9 Å². The summed E-state index contributed by atoms with van der Waals surface area (Å²) in [5.41, 5.74) is 0.536. The predicted molar refractivity (Wildman–Crippen MR) is 83.8 cm³/mol. The third kappa shape index (κ3) is 4.23. The number of rotatable bonds is 5. The normalized spacial score (nSPS) is 17.0. The van der Waals surface area contributed by atoms with Gasteiger partial charge >= 0.3 is 0 Å². The van der Waals surface area contributed by atoms with Gasteiger partial charge in [0.05, 0.1) is 6.10 Å². The molecule has 1 aromatic carbocycles. The summed E-state index contributed by atoms with van der Waals surface area (Å²) in [5, 5.41) is 13.6. The van der Waals surface area contributed by atoms with E-state index in [0.29, 0.717) is 18.1 Å². The number of hydrogen-bond acceptors (Lipinski definition) is 5. The molecule has 23 heavy (non-hydrogen) atoms. The summed E-state index contributed by atoms with van der Waals surface area (Å²) in [6.45, 7) is 1.47. The Balaban J connectivity index is 1.56. The highest BCUT2D eigenvalue weighted by atomic mass is 19.1. The highest BCUT2D eigenvalue weighted by Crippen LogP contribution is 2.13. The van der Waals surface area contributed by atoms with Crippen molar-refractivity contribution in [2.75, 3.05) is 23.8 Å². The van der Waals surface area contributed by atoms with E-state index in [9.17, 15) is 9.18 Å². The van der Waals surface area contributed by atoms with Crippen LogP contribution >= 0.6 is 0 Å². The van der Waals surface area contributed by atoms with E-state index >= 15 is 0 Å². The summed E-state index contributed by atoms with van der Waals surface area (Å²) >= 11 is 0. The van der Waals surface area contributed by atoms with Gasteiger partial charge in [0, 0.05) is 18.8 Å². The van der Waals surface area contributed by atoms with Crippen LogP contribution in [0.15, 0.2) is 36.4 Å². The van der Waals surface area contributed by atoms with Crippen LogP contribution in [0.1, 0.15) is 23.3 Å². The van der Waals surface area contributed by atoms with Gasteiger partial charge in [-0.1, -0.05) is 6.07 Å². The molecule has 0 bridgehead atoms. The molecule has 2 heterocycles. The smallest absolute Gasteiger partial charge is 0.276 e. The molecule has 1 amide bonds. The molecular weight excluding hydrogens is 299 g/mol. The molecule has 1 saturated heterocycles. The minimum absolute atomic E-state index is 0.164. The lowest BCUT2D eigenvalue weighted by Crippen LogP contribution is -2.20. The topological polar surface area (TPSA) is 76.1 Å². The van der Waals surface area contributed by atoms with Gasteiger partial charge in [0.25, 0.3) is 5.91 Å². The zero-order valence-electron chi connectivity index (χ0n) is 12.5. The highest BCUT2D eigenvalue weighted by Gasteiger charge is 2.15. The monoisotopic (exact) mass is 316 g/mol. The van der Waals surface area contributed by atoms with Crippen LogP contribution < -0.4 is 10.6 Å². The van der Waals surface area contributed by atoms with Crippen molar-refractivity contribution in [2.24, 2.45) is 0 Å². The van der Waals surface area contributed by atoms with E-state index in [0.717, 1.165) is 19.4 Å². The van der Waals surface area contributed by atoms with Crippen molar-refractivity contribution < 1.29 is 13.9 Å². The highest BCUT2D eigenvalue weighted by molar-refractivity contribution is 6.02. The molecule has 3 rings (SSSR count). The van der Waals surface area contributed by atoms with Crippen molar-refractivity contribution in [1.29, 1.82) is 0 Å². The van der Waals surface area contributed by atoms with E-state index in [1.165, 1.54) is 18.2 Å². The van der Waals surface area contributed by atoms with Gasteiger partial charge in [0.2, 0.25) is 0 Å². The first kappa shape index (κ1) is 15.4. The number of nitrogens with one attached hydrogen (secondary N) is 2. The summed E-state index contributed by atoms with van der Waals surface area (Å²) in [6.07, 6.45) is 2.32. The van der Waals surface area contributed by atoms with Crippen molar-refractivity contribution >= 4 is 17.4 Å². The van der Waals surface area contributed by atoms with Crippen LogP contribution in [0.4, 0.5) is 15.9 Å². The Morgan fingerprint density at radius 3 is 2.91 bits per heavy atom. The van der Waals surface area contributed by atoms with Gasteiger partial charge in [-0.2, -0.15) is 0 Å². The standard InChI is InChI=1S/C16H17FN4O2/c17-11-3-1-4-12(9-11)19-16(22)14-6-7-15(21-20-14)18-10-13-5-2-8-23-13/h1,3-4,6-7,9,13H,2,5,8,10H2,(H,18,21)(H,19,22). The molecule has 1 aromatic heterocycles. The molecule has 1 fully saturated rings. The van der Waals surface area contributed by atoms with E-state index in [4.69, 9.17) is 4.74 Å². The number of carbonyl (C=O) groups is 1. The molecular formula is C16H17FN4O2. The molecule has 1 aliphatic rings. The van der Waals surface area contributed by atoms with Gasteiger partial charge in [0.1, 0.15) is 11.6 Å². The SMILES string of the molecule is O=C(Nc1cccc(F)c1)c1ccc(NCC2CCCO2)nn1. The Kier molecular flexibility index (Phi) is 4.77. The van der Waals surface area contributed by atoms with Crippen LogP contribution in [0.2, 0.25) is 0 Å². The molecule has 120 valence electrons. The van der Waals surface area contributed by atoms with Crippen molar-refractivity contribution in [1.82, 2.24) is 10.2 Å². The molecule has 6 nitrogen and oxygen atoms in total. The fraction of sp³-hybridized carbons (Fsp3) is 0.312. The minimum Gasteiger partial charge on any atom is -0.376 e. The molecule has 0 aliphatic carbocycles. The Morgan fingerprint density at radius 2 is 2.22 bits per heavy atom. The Morgan fingerprint density at radius 1 is 1.30 bits per heavy atom. The van der Waals surface area contributed by atoms with Crippen molar-refractivity contribution in [3.05, 3.63) is 47.9 Å². The second-order valence-corrected chi connectivity index (χ2v) is 5.28. The number of halogens is 1. The molecule has 1 atom stereocenters. The number of ether oxygens (including phenoxy) is 1. The molecule has 1 unspecified atom stereocenters. The van der Waals surface area contributed by atoms with Gasteiger partial charge in [-0.15, -0.1) is 10.2 Å². The Bertz CT molecular complexity index is 672. The Hall–Kier alpha value is -2.54. The van der Waals surface area contributed by atoms with Crippen LogP contribution in [0.25, 0.3) is 0 Å². The quantitative estimate of drug-likeness (QED) is 0.886. The summed E-state index contributed by atoms with van der Waals surface area (Å²) in [6, 6.07) is 8.93. The second kappa shape index (κ2) is 7.15. The average Bonchev–Trinajstić information content (AvgIpc) is 3.07. The number of hydrogen-bond donors (Lipinski definition) is 2. The number of nitrogens with zero attached hydrogens (tertiary/aromatic N) is 2. The summed E-state index contributed by atoms with van der Waals surface area (Å²) in [7, 11) is 0. The Labute approximate surface area is 133 Å². The fourth-order valence-electron chi connectivity index (χ4n) is 2.33. The molecule has 2 aromatic rings. The average molecular weight is 316 g/mol. The number of benzene rings is 1. The zero-order valence-corrected chi connectivity index (χ0v) is 12.5. The first-order valence-corrected chi connectivity index (χ1v) is 7.47. The summed E-state index contributed by atoms with van der Waals surface area (Å²) < 4.78 is 18.6. The molecule has 0 spiro atoms. The number of anilines is 2. The number of carbonyl (C=O) groups excluding carboxylic acids is 1. The maximum Gasteiger partial charge on any atom is 0.276 e. The van der Waals surface area contributed by atoms with Crippen molar-refractivity contribution in [3.8, 4) is 0 Å². The molecule has 2 N–H and O–H groups in total. The fourth-order valence-corrected chi connectivity index (χ4v) is 2.33.